The highest BCUT2D eigenvalue weighted by atomic mass is 35.5. The van der Waals surface area contributed by atoms with Gasteiger partial charge in [0.05, 0.1) is 5.02 Å². The van der Waals surface area contributed by atoms with Gasteiger partial charge < -0.3 is 15.2 Å². The van der Waals surface area contributed by atoms with E-state index in [1.165, 1.54) is 0 Å². The van der Waals surface area contributed by atoms with E-state index in [0.717, 1.165) is 16.9 Å². The number of carbonyl (C=O) groups excluding carboxylic acids is 1. The smallest absolute Gasteiger partial charge is 0.221 e. The van der Waals surface area contributed by atoms with E-state index < -0.39 is 0 Å². The SMILES string of the molecule is C[C@H]1CNC(=O)CCN1c1cc(Cl)c2cc[nH]c2n1. The molecule has 1 aliphatic rings. The molecule has 19 heavy (non-hydrogen) atoms. The minimum Gasteiger partial charge on any atom is -0.354 e. The molecule has 0 saturated carbocycles. The van der Waals surface area contributed by atoms with Crippen LogP contribution in [0.3, 0.4) is 0 Å². The van der Waals surface area contributed by atoms with Crippen molar-refractivity contribution in [1.29, 1.82) is 0 Å². The summed E-state index contributed by atoms with van der Waals surface area (Å²) in [6.07, 6.45) is 2.30. The number of nitrogens with zero attached hydrogens (tertiary/aromatic N) is 2. The van der Waals surface area contributed by atoms with Crippen LogP contribution in [-0.2, 0) is 4.79 Å². The molecule has 0 bridgehead atoms. The van der Waals surface area contributed by atoms with Gasteiger partial charge in [-0.1, -0.05) is 11.6 Å². The van der Waals surface area contributed by atoms with E-state index in [-0.39, 0.29) is 11.9 Å². The van der Waals surface area contributed by atoms with Gasteiger partial charge in [0.2, 0.25) is 5.91 Å². The number of aromatic nitrogens is 2. The maximum atomic E-state index is 11.5. The van der Waals surface area contributed by atoms with Gasteiger partial charge in [0.25, 0.3) is 0 Å². The number of nitrogens with one attached hydrogen (secondary N) is 2. The first-order valence-electron chi connectivity index (χ1n) is 6.32. The molecular formula is C13H15ClN4O. The van der Waals surface area contributed by atoms with E-state index in [1.54, 1.807) is 0 Å². The van der Waals surface area contributed by atoms with Crippen molar-refractivity contribution in [2.75, 3.05) is 18.0 Å². The average Bonchev–Trinajstić information content (AvgIpc) is 2.79. The Balaban J connectivity index is 2.00. The summed E-state index contributed by atoms with van der Waals surface area (Å²) in [4.78, 5) is 21.2. The second kappa shape index (κ2) is 4.74. The summed E-state index contributed by atoms with van der Waals surface area (Å²) in [7, 11) is 0. The molecule has 0 aliphatic carbocycles. The van der Waals surface area contributed by atoms with Crippen LogP contribution in [0, 0.1) is 0 Å². The van der Waals surface area contributed by atoms with Gasteiger partial charge in [-0.2, -0.15) is 0 Å². The number of rotatable bonds is 1. The largest absolute Gasteiger partial charge is 0.354 e. The van der Waals surface area contributed by atoms with Gasteiger partial charge in [-0.3, -0.25) is 4.79 Å². The van der Waals surface area contributed by atoms with Crippen LogP contribution in [0.5, 0.6) is 0 Å². The number of fused-ring (bicyclic) bond motifs is 1. The van der Waals surface area contributed by atoms with E-state index in [1.807, 2.05) is 18.3 Å². The van der Waals surface area contributed by atoms with Gasteiger partial charge in [-0.15, -0.1) is 0 Å². The summed E-state index contributed by atoms with van der Waals surface area (Å²) < 4.78 is 0. The molecule has 0 aromatic carbocycles. The highest BCUT2D eigenvalue weighted by molar-refractivity contribution is 6.35. The zero-order valence-electron chi connectivity index (χ0n) is 10.6. The van der Waals surface area contributed by atoms with E-state index in [4.69, 9.17) is 11.6 Å². The molecular weight excluding hydrogens is 264 g/mol. The summed E-state index contributed by atoms with van der Waals surface area (Å²) in [6, 6.07) is 3.97. The first kappa shape index (κ1) is 12.3. The van der Waals surface area contributed by atoms with Gasteiger partial charge in [0.1, 0.15) is 11.5 Å². The Kier molecular flexibility index (Phi) is 3.06. The molecule has 1 aliphatic heterocycles. The Hall–Kier alpha value is -1.75. The molecule has 1 fully saturated rings. The van der Waals surface area contributed by atoms with Crippen molar-refractivity contribution in [3.63, 3.8) is 0 Å². The Morgan fingerprint density at radius 1 is 1.53 bits per heavy atom. The highest BCUT2D eigenvalue weighted by Crippen LogP contribution is 2.27. The van der Waals surface area contributed by atoms with Crippen LogP contribution >= 0.6 is 11.6 Å². The number of halogens is 1. The van der Waals surface area contributed by atoms with Crippen molar-refractivity contribution in [3.8, 4) is 0 Å². The first-order valence-corrected chi connectivity index (χ1v) is 6.70. The number of hydrogen-bond donors (Lipinski definition) is 2. The standard InChI is InChI=1S/C13H15ClN4O/c1-8-7-16-12(19)3-5-18(8)11-6-10(14)9-2-4-15-13(9)17-11/h2,4,6,8H,3,5,7H2,1H3,(H,15,17)(H,16,19)/t8-/m0/s1. The van der Waals surface area contributed by atoms with Crippen LogP contribution in [0.2, 0.25) is 5.02 Å². The number of H-pyrrole nitrogens is 1. The van der Waals surface area contributed by atoms with E-state index in [9.17, 15) is 4.79 Å². The second-order valence-electron chi connectivity index (χ2n) is 4.80. The highest BCUT2D eigenvalue weighted by Gasteiger charge is 2.22. The fraction of sp³-hybridized carbons (Fsp3) is 0.385. The predicted octanol–water partition coefficient (Wildman–Crippen LogP) is 1.93. The first-order chi connectivity index (χ1) is 9.15. The number of anilines is 1. The molecule has 100 valence electrons. The second-order valence-corrected chi connectivity index (χ2v) is 5.21. The van der Waals surface area contributed by atoms with Crippen LogP contribution in [0.4, 0.5) is 5.82 Å². The number of hydrogen-bond acceptors (Lipinski definition) is 3. The van der Waals surface area contributed by atoms with Crippen LogP contribution in [-0.4, -0.2) is 35.0 Å². The maximum absolute atomic E-state index is 11.5. The third kappa shape index (κ3) is 2.26. The molecule has 2 aromatic rings. The van der Waals surface area contributed by atoms with Crippen LogP contribution in [0.15, 0.2) is 18.3 Å². The van der Waals surface area contributed by atoms with E-state index >= 15 is 0 Å². The lowest BCUT2D eigenvalue weighted by atomic mass is 10.2. The molecule has 3 heterocycles. The lowest BCUT2D eigenvalue weighted by Gasteiger charge is -2.27. The minimum atomic E-state index is 0.0846. The van der Waals surface area contributed by atoms with Crippen LogP contribution < -0.4 is 10.2 Å². The molecule has 6 heteroatoms. The molecule has 2 N–H and O–H groups in total. The zero-order chi connectivity index (χ0) is 13.4. The van der Waals surface area contributed by atoms with Gasteiger partial charge in [-0.25, -0.2) is 4.98 Å². The van der Waals surface area contributed by atoms with Gasteiger partial charge in [-0.05, 0) is 13.0 Å². The normalized spacial score (nSPS) is 20.4. The maximum Gasteiger partial charge on any atom is 0.221 e. The summed E-state index contributed by atoms with van der Waals surface area (Å²) in [5.41, 5.74) is 0.776. The van der Waals surface area contributed by atoms with Gasteiger partial charge in [0.15, 0.2) is 0 Å². The van der Waals surface area contributed by atoms with Crippen molar-refractivity contribution >= 4 is 34.4 Å². The van der Waals surface area contributed by atoms with Crippen molar-refractivity contribution in [3.05, 3.63) is 23.4 Å². The van der Waals surface area contributed by atoms with E-state index in [2.05, 4.69) is 27.1 Å². The van der Waals surface area contributed by atoms with Gasteiger partial charge in [0, 0.05) is 43.2 Å². The molecule has 5 nitrogen and oxygen atoms in total. The molecule has 0 unspecified atom stereocenters. The van der Waals surface area contributed by atoms with Crippen LogP contribution in [0.1, 0.15) is 13.3 Å². The average molecular weight is 279 g/mol. The predicted molar refractivity (Wildman–Crippen MR) is 75.5 cm³/mol. The van der Waals surface area contributed by atoms with Crippen molar-refractivity contribution in [1.82, 2.24) is 15.3 Å². The van der Waals surface area contributed by atoms with Gasteiger partial charge >= 0.3 is 0 Å². The molecule has 1 amide bonds. The summed E-state index contributed by atoms with van der Waals surface area (Å²) in [5.74, 6) is 0.894. The third-order valence-electron chi connectivity index (χ3n) is 3.47. The van der Waals surface area contributed by atoms with Crippen molar-refractivity contribution < 1.29 is 4.79 Å². The summed E-state index contributed by atoms with van der Waals surface area (Å²) in [6.45, 7) is 3.35. The van der Waals surface area contributed by atoms with Crippen LogP contribution in [0.25, 0.3) is 11.0 Å². The monoisotopic (exact) mass is 278 g/mol. The number of pyridine rings is 1. The van der Waals surface area contributed by atoms with Crippen molar-refractivity contribution in [2.24, 2.45) is 0 Å². The zero-order valence-corrected chi connectivity index (χ0v) is 11.4. The molecule has 0 spiro atoms. The summed E-state index contributed by atoms with van der Waals surface area (Å²) >= 11 is 6.27. The Bertz CT molecular complexity index is 624. The molecule has 1 atom stereocenters. The Morgan fingerprint density at radius 2 is 2.37 bits per heavy atom. The van der Waals surface area contributed by atoms with E-state index in [0.29, 0.717) is 24.5 Å². The number of carbonyl (C=O) groups is 1. The molecule has 0 radical (unpaired) electrons. The number of aromatic amines is 1. The fourth-order valence-electron chi connectivity index (χ4n) is 2.37. The molecule has 1 saturated heterocycles. The fourth-order valence-corrected chi connectivity index (χ4v) is 2.62. The molecule has 2 aromatic heterocycles. The Morgan fingerprint density at radius 3 is 3.21 bits per heavy atom. The Labute approximate surface area is 116 Å². The minimum absolute atomic E-state index is 0.0846. The quantitative estimate of drug-likeness (QED) is 0.838. The third-order valence-corrected chi connectivity index (χ3v) is 3.78. The summed E-state index contributed by atoms with van der Waals surface area (Å²) in [5, 5.41) is 4.49. The lowest BCUT2D eigenvalue weighted by molar-refractivity contribution is -0.120. The topological polar surface area (TPSA) is 61.0 Å². The lowest BCUT2D eigenvalue weighted by Crippen LogP contribution is -2.38. The number of amides is 1. The molecule has 3 rings (SSSR count). The van der Waals surface area contributed by atoms with Crippen molar-refractivity contribution in [2.45, 2.75) is 19.4 Å².